The summed E-state index contributed by atoms with van der Waals surface area (Å²) in [5, 5.41) is 10.8. The molecule has 0 saturated carbocycles. The third kappa shape index (κ3) is 3.56. The predicted octanol–water partition coefficient (Wildman–Crippen LogP) is 3.02. The largest absolute Gasteiger partial charge is 0.305 e. The molecule has 0 aliphatic carbocycles. The number of nitrogens with zero attached hydrogens (tertiary/aromatic N) is 2. The Labute approximate surface area is 134 Å². The van der Waals surface area contributed by atoms with Gasteiger partial charge in [0, 0.05) is 25.6 Å². The molecule has 0 aromatic heterocycles. The fraction of sp³-hybridized carbons (Fsp3) is 0.385. The van der Waals surface area contributed by atoms with E-state index in [-0.39, 0.29) is 40.6 Å². The number of halogens is 2. The highest BCUT2D eigenvalue weighted by Gasteiger charge is 2.36. The molecule has 22 heavy (non-hydrogen) atoms. The van der Waals surface area contributed by atoms with Crippen molar-refractivity contribution in [2.75, 3.05) is 17.2 Å². The van der Waals surface area contributed by atoms with Crippen LogP contribution in [0.3, 0.4) is 0 Å². The van der Waals surface area contributed by atoms with Gasteiger partial charge in [0.2, 0.25) is 5.91 Å². The lowest BCUT2D eigenvalue weighted by atomic mass is 10.1. The number of rotatable bonds is 4. The van der Waals surface area contributed by atoms with E-state index in [9.17, 15) is 24.1 Å². The van der Waals surface area contributed by atoms with Crippen LogP contribution in [0.5, 0.6) is 0 Å². The fourth-order valence-corrected chi connectivity index (χ4v) is 3.30. The van der Waals surface area contributed by atoms with Crippen molar-refractivity contribution in [1.29, 1.82) is 0 Å². The second-order valence-corrected chi connectivity index (χ2v) is 6.49. The van der Waals surface area contributed by atoms with E-state index in [1.807, 2.05) is 0 Å². The zero-order valence-corrected chi connectivity index (χ0v) is 13.1. The maximum absolute atomic E-state index is 13.3. The van der Waals surface area contributed by atoms with Gasteiger partial charge in [0.15, 0.2) is 5.12 Å². The van der Waals surface area contributed by atoms with Gasteiger partial charge in [-0.1, -0.05) is 23.4 Å². The Balaban J connectivity index is 2.30. The number of hydrogen-bond acceptors (Lipinski definition) is 5. The molecule has 0 N–H and O–H groups in total. The fourth-order valence-electron chi connectivity index (χ4n) is 2.30. The monoisotopic (exact) mass is 346 g/mol. The summed E-state index contributed by atoms with van der Waals surface area (Å²) in [6, 6.07) is 1.68. The van der Waals surface area contributed by atoms with Gasteiger partial charge in [-0.15, -0.1) is 0 Å². The maximum Gasteiger partial charge on any atom is 0.297 e. The molecule has 1 heterocycles. The summed E-state index contributed by atoms with van der Waals surface area (Å²) >= 11 is 7.00. The first-order valence-electron chi connectivity index (χ1n) is 6.36. The van der Waals surface area contributed by atoms with Gasteiger partial charge in [0.1, 0.15) is 11.5 Å². The Morgan fingerprint density at radius 2 is 2.27 bits per heavy atom. The first-order chi connectivity index (χ1) is 10.3. The molecular weight excluding hydrogens is 335 g/mol. The minimum Gasteiger partial charge on any atom is -0.305 e. The average Bonchev–Trinajstić information content (AvgIpc) is 2.76. The van der Waals surface area contributed by atoms with Crippen molar-refractivity contribution in [2.24, 2.45) is 5.92 Å². The van der Waals surface area contributed by atoms with Crippen molar-refractivity contribution in [1.82, 2.24) is 0 Å². The van der Waals surface area contributed by atoms with Crippen LogP contribution in [0.2, 0.25) is 5.02 Å². The topological polar surface area (TPSA) is 80.5 Å². The SMILES string of the molecule is CC(=O)SCC1CC(=O)N(c2c(Cl)cc(F)cc2[N+](=O)[O-])C1. The molecule has 118 valence electrons. The van der Waals surface area contributed by atoms with E-state index in [0.29, 0.717) is 5.75 Å². The predicted molar refractivity (Wildman–Crippen MR) is 81.7 cm³/mol. The van der Waals surface area contributed by atoms with Crippen LogP contribution in [0, 0.1) is 21.8 Å². The Morgan fingerprint density at radius 1 is 1.59 bits per heavy atom. The second-order valence-electron chi connectivity index (χ2n) is 4.89. The van der Waals surface area contributed by atoms with Crippen LogP contribution in [-0.4, -0.2) is 28.2 Å². The lowest BCUT2D eigenvalue weighted by molar-refractivity contribution is -0.384. The molecule has 2 rings (SSSR count). The Morgan fingerprint density at radius 3 is 2.86 bits per heavy atom. The summed E-state index contributed by atoms with van der Waals surface area (Å²) in [7, 11) is 0. The minimum atomic E-state index is -0.837. The van der Waals surface area contributed by atoms with E-state index >= 15 is 0 Å². The molecule has 9 heteroatoms. The Kier molecular flexibility index (Phi) is 5.02. The summed E-state index contributed by atoms with van der Waals surface area (Å²) in [6.07, 6.45) is 0.172. The highest BCUT2D eigenvalue weighted by atomic mass is 35.5. The van der Waals surface area contributed by atoms with E-state index in [1.54, 1.807) is 0 Å². The molecule has 6 nitrogen and oxygen atoms in total. The van der Waals surface area contributed by atoms with Crippen LogP contribution < -0.4 is 4.90 Å². The first kappa shape index (κ1) is 16.7. The molecule has 1 aromatic rings. The lowest BCUT2D eigenvalue weighted by Crippen LogP contribution is -2.26. The summed E-state index contributed by atoms with van der Waals surface area (Å²) in [4.78, 5) is 34.6. The maximum atomic E-state index is 13.3. The summed E-state index contributed by atoms with van der Waals surface area (Å²) in [6.45, 7) is 1.65. The number of nitro benzene ring substituents is 1. The van der Waals surface area contributed by atoms with Gasteiger partial charge < -0.3 is 4.90 Å². The average molecular weight is 347 g/mol. The molecule has 1 saturated heterocycles. The van der Waals surface area contributed by atoms with Crippen LogP contribution in [0.15, 0.2) is 12.1 Å². The van der Waals surface area contributed by atoms with Crippen LogP contribution in [-0.2, 0) is 9.59 Å². The van der Waals surface area contributed by atoms with E-state index in [4.69, 9.17) is 11.6 Å². The number of thioether (sulfide) groups is 1. The lowest BCUT2D eigenvalue weighted by Gasteiger charge is -2.18. The third-order valence-electron chi connectivity index (χ3n) is 3.20. The highest BCUT2D eigenvalue weighted by Crippen LogP contribution is 2.39. The van der Waals surface area contributed by atoms with Crippen molar-refractivity contribution >= 4 is 45.8 Å². The number of benzene rings is 1. The van der Waals surface area contributed by atoms with Crippen molar-refractivity contribution in [3.63, 3.8) is 0 Å². The molecule has 1 unspecified atom stereocenters. The van der Waals surface area contributed by atoms with Gasteiger partial charge in [-0.3, -0.25) is 19.7 Å². The summed E-state index contributed by atoms with van der Waals surface area (Å²) in [5.41, 5.74) is -0.633. The molecule has 1 aliphatic rings. The molecule has 1 aliphatic heterocycles. The summed E-state index contributed by atoms with van der Waals surface area (Å²) < 4.78 is 13.3. The number of nitro groups is 1. The van der Waals surface area contributed by atoms with Crippen molar-refractivity contribution in [3.8, 4) is 0 Å². The van der Waals surface area contributed by atoms with Crippen molar-refractivity contribution in [3.05, 3.63) is 33.1 Å². The van der Waals surface area contributed by atoms with Gasteiger partial charge in [0.05, 0.1) is 16.0 Å². The molecular formula is C13H12ClFN2O4S. The quantitative estimate of drug-likeness (QED) is 0.618. The van der Waals surface area contributed by atoms with E-state index < -0.39 is 16.4 Å². The standard InChI is InChI=1S/C13H12ClFN2O4S/c1-7(18)22-6-8-2-12(19)16(5-8)13-10(14)3-9(15)4-11(13)17(20)21/h3-4,8H,2,5-6H2,1H3. The summed E-state index contributed by atoms with van der Waals surface area (Å²) in [5.74, 6) is -0.826. The van der Waals surface area contributed by atoms with Crippen LogP contribution >= 0.6 is 23.4 Å². The van der Waals surface area contributed by atoms with Crippen LogP contribution in [0.4, 0.5) is 15.8 Å². The van der Waals surface area contributed by atoms with Crippen molar-refractivity contribution in [2.45, 2.75) is 13.3 Å². The van der Waals surface area contributed by atoms with Gasteiger partial charge in [-0.25, -0.2) is 4.39 Å². The smallest absolute Gasteiger partial charge is 0.297 e. The van der Waals surface area contributed by atoms with Gasteiger partial charge in [-0.05, 0) is 12.0 Å². The number of carbonyl (C=O) groups is 2. The number of carbonyl (C=O) groups excluding carboxylic acids is 2. The number of anilines is 1. The normalized spacial score (nSPS) is 17.9. The molecule has 1 atom stereocenters. The second kappa shape index (κ2) is 6.62. The highest BCUT2D eigenvalue weighted by molar-refractivity contribution is 8.13. The number of hydrogen-bond donors (Lipinski definition) is 0. The van der Waals surface area contributed by atoms with Crippen molar-refractivity contribution < 1.29 is 18.9 Å². The minimum absolute atomic E-state index is 0.0586. The Hall–Kier alpha value is -1.67. The van der Waals surface area contributed by atoms with Gasteiger partial charge >= 0.3 is 0 Å². The molecule has 0 radical (unpaired) electrons. The molecule has 1 fully saturated rings. The van der Waals surface area contributed by atoms with Crippen LogP contribution in [0.25, 0.3) is 0 Å². The van der Waals surface area contributed by atoms with Crippen LogP contribution in [0.1, 0.15) is 13.3 Å². The zero-order valence-electron chi connectivity index (χ0n) is 11.5. The van der Waals surface area contributed by atoms with E-state index in [1.165, 1.54) is 11.8 Å². The first-order valence-corrected chi connectivity index (χ1v) is 7.73. The molecule has 0 spiro atoms. The third-order valence-corrected chi connectivity index (χ3v) is 4.53. The van der Waals surface area contributed by atoms with E-state index in [2.05, 4.69) is 0 Å². The molecule has 1 aromatic carbocycles. The number of amides is 1. The van der Waals surface area contributed by atoms with Gasteiger partial charge in [0.25, 0.3) is 5.69 Å². The molecule has 1 amide bonds. The van der Waals surface area contributed by atoms with Gasteiger partial charge in [-0.2, -0.15) is 0 Å². The molecule has 0 bridgehead atoms. The van der Waals surface area contributed by atoms with E-state index in [0.717, 1.165) is 23.9 Å². The Bertz CT molecular complexity index is 655. The zero-order chi connectivity index (χ0) is 16.4.